The number of hydrogen-bond donors (Lipinski definition) is 0. The highest BCUT2D eigenvalue weighted by molar-refractivity contribution is 5.76. The lowest BCUT2D eigenvalue weighted by Crippen LogP contribution is -2.51. The summed E-state index contributed by atoms with van der Waals surface area (Å²) in [7, 11) is 0. The summed E-state index contributed by atoms with van der Waals surface area (Å²) in [6.07, 6.45) is 8.02. The molecular weight excluding hydrogens is 580 g/mol. The van der Waals surface area contributed by atoms with Crippen LogP contribution in [0.3, 0.4) is 0 Å². The minimum atomic E-state index is -0.499. The smallest absolute Gasteiger partial charge is 0.311 e. The second-order valence-corrected chi connectivity index (χ2v) is 21.5. The molecule has 0 N–H and O–H groups in total. The van der Waals surface area contributed by atoms with Gasteiger partial charge in [-0.2, -0.15) is 0 Å². The molecular formula is C43H80O4. The SMILES string of the molecule is CC(C)CC(C)(C)C(=O)OC1C(C)CC(C)CC1C(C)(C)CCC(C)(C)C1CC(C)CC(C(C)(C)C)C1OC(=O)C(C)(C)CC(C)C. The summed E-state index contributed by atoms with van der Waals surface area (Å²) in [6, 6.07) is 0. The Kier molecular flexibility index (Phi) is 13.8. The summed E-state index contributed by atoms with van der Waals surface area (Å²) in [5, 5.41) is 0. The zero-order valence-corrected chi connectivity index (χ0v) is 34.6. The molecule has 2 saturated carbocycles. The van der Waals surface area contributed by atoms with Crippen molar-refractivity contribution < 1.29 is 19.1 Å². The van der Waals surface area contributed by atoms with Crippen LogP contribution in [0.2, 0.25) is 0 Å². The lowest BCUT2D eigenvalue weighted by molar-refractivity contribution is -0.182. The molecule has 0 aromatic rings. The third kappa shape index (κ3) is 11.2. The number of carbonyl (C=O) groups is 2. The first kappa shape index (κ1) is 42.1. The molecule has 0 bridgehead atoms. The monoisotopic (exact) mass is 661 g/mol. The van der Waals surface area contributed by atoms with Gasteiger partial charge in [-0.05, 0) is 125 Å². The molecule has 2 aliphatic carbocycles. The number of hydrogen-bond acceptors (Lipinski definition) is 4. The molecule has 47 heavy (non-hydrogen) atoms. The van der Waals surface area contributed by atoms with Crippen molar-refractivity contribution >= 4 is 11.9 Å². The maximum Gasteiger partial charge on any atom is 0.311 e. The summed E-state index contributed by atoms with van der Waals surface area (Å²) in [5.41, 5.74) is -0.946. The Balaban J connectivity index is 2.38. The molecule has 0 amide bonds. The van der Waals surface area contributed by atoms with Gasteiger partial charge in [0.05, 0.1) is 10.8 Å². The molecule has 2 fully saturated rings. The third-order valence-electron chi connectivity index (χ3n) is 12.5. The van der Waals surface area contributed by atoms with Gasteiger partial charge >= 0.3 is 11.9 Å². The Hall–Kier alpha value is -1.06. The largest absolute Gasteiger partial charge is 0.461 e. The van der Waals surface area contributed by atoms with Crippen LogP contribution in [-0.2, 0) is 19.1 Å². The lowest BCUT2D eigenvalue weighted by Gasteiger charge is -2.52. The highest BCUT2D eigenvalue weighted by Gasteiger charge is 2.52. The molecule has 8 unspecified atom stereocenters. The van der Waals surface area contributed by atoms with Crippen molar-refractivity contribution in [3.63, 3.8) is 0 Å². The highest BCUT2D eigenvalue weighted by atomic mass is 16.6. The first-order valence-corrected chi connectivity index (χ1v) is 19.5. The number of esters is 2. The average Bonchev–Trinajstić information content (AvgIpc) is 2.87. The highest BCUT2D eigenvalue weighted by Crippen LogP contribution is 2.54. The Morgan fingerprint density at radius 2 is 0.894 bits per heavy atom. The fraction of sp³-hybridized carbons (Fsp3) is 0.953. The maximum absolute atomic E-state index is 13.9. The maximum atomic E-state index is 13.9. The van der Waals surface area contributed by atoms with E-state index < -0.39 is 10.8 Å². The van der Waals surface area contributed by atoms with Crippen molar-refractivity contribution in [3.8, 4) is 0 Å². The molecule has 2 rings (SSSR count). The molecule has 276 valence electrons. The molecule has 0 aromatic heterocycles. The fourth-order valence-corrected chi connectivity index (χ4v) is 9.87. The quantitative estimate of drug-likeness (QED) is 0.184. The Morgan fingerprint density at radius 3 is 1.28 bits per heavy atom. The Labute approximate surface area is 293 Å². The zero-order valence-electron chi connectivity index (χ0n) is 34.6. The summed E-state index contributed by atoms with van der Waals surface area (Å²) < 4.78 is 13.3. The minimum Gasteiger partial charge on any atom is -0.461 e. The normalized spacial score (nSPS) is 30.0. The molecule has 4 heteroatoms. The van der Waals surface area contributed by atoms with E-state index in [0.29, 0.717) is 47.3 Å². The molecule has 0 aromatic carbocycles. The first-order chi connectivity index (χ1) is 21.1. The van der Waals surface area contributed by atoms with E-state index in [0.717, 1.165) is 51.4 Å². The van der Waals surface area contributed by atoms with E-state index in [-0.39, 0.29) is 40.4 Å². The van der Waals surface area contributed by atoms with E-state index in [2.05, 4.69) is 125 Å². The van der Waals surface area contributed by atoms with Gasteiger partial charge in [0.1, 0.15) is 12.2 Å². The minimum absolute atomic E-state index is 0.00247. The molecule has 8 atom stereocenters. The van der Waals surface area contributed by atoms with E-state index in [1.54, 1.807) is 0 Å². The van der Waals surface area contributed by atoms with Crippen molar-refractivity contribution in [2.45, 2.75) is 188 Å². The van der Waals surface area contributed by atoms with E-state index in [1.165, 1.54) is 0 Å². The fourth-order valence-electron chi connectivity index (χ4n) is 9.87. The predicted octanol–water partition coefficient (Wildman–Crippen LogP) is 12.2. The van der Waals surface area contributed by atoms with Crippen LogP contribution in [0.25, 0.3) is 0 Å². The standard InChI is InChI=1S/C43H80O4/c1-27(2)25-42(15,16)37(44)46-35-31(7)21-29(5)23-33(35)40(11,12)19-20-41(13,14)34-24-30(6)22-32(39(8,9)10)36(34)47-38(45)43(17,18)26-28(3)4/h27-36H,19-26H2,1-18H3. The van der Waals surface area contributed by atoms with Crippen molar-refractivity contribution in [1.82, 2.24) is 0 Å². The molecule has 0 heterocycles. The van der Waals surface area contributed by atoms with Crippen LogP contribution in [0.15, 0.2) is 0 Å². The topological polar surface area (TPSA) is 52.6 Å². The van der Waals surface area contributed by atoms with E-state index in [9.17, 15) is 9.59 Å². The average molecular weight is 661 g/mol. The predicted molar refractivity (Wildman–Crippen MR) is 199 cm³/mol. The Bertz CT molecular complexity index is 1020. The summed E-state index contributed by atoms with van der Waals surface area (Å²) in [6.45, 7) is 40.8. The van der Waals surface area contributed by atoms with Crippen LogP contribution in [-0.4, -0.2) is 24.1 Å². The van der Waals surface area contributed by atoms with E-state index >= 15 is 0 Å². The second-order valence-electron chi connectivity index (χ2n) is 21.5. The Morgan fingerprint density at radius 1 is 0.553 bits per heavy atom. The van der Waals surface area contributed by atoms with Crippen molar-refractivity contribution in [1.29, 1.82) is 0 Å². The number of ether oxygens (including phenoxy) is 2. The van der Waals surface area contributed by atoms with Crippen LogP contribution in [0.5, 0.6) is 0 Å². The van der Waals surface area contributed by atoms with Gasteiger partial charge in [0, 0.05) is 17.8 Å². The van der Waals surface area contributed by atoms with Gasteiger partial charge in [-0.1, -0.05) is 96.9 Å². The van der Waals surface area contributed by atoms with Crippen LogP contribution in [0.1, 0.15) is 176 Å². The molecule has 2 aliphatic rings. The van der Waals surface area contributed by atoms with Gasteiger partial charge in [0.2, 0.25) is 0 Å². The van der Waals surface area contributed by atoms with Gasteiger partial charge in [-0.3, -0.25) is 9.59 Å². The first-order valence-electron chi connectivity index (χ1n) is 19.5. The van der Waals surface area contributed by atoms with Crippen LogP contribution < -0.4 is 0 Å². The molecule has 0 saturated heterocycles. The van der Waals surface area contributed by atoms with E-state index in [4.69, 9.17) is 9.47 Å². The molecule has 0 aliphatic heterocycles. The van der Waals surface area contributed by atoms with E-state index in [1.807, 2.05) is 0 Å². The van der Waals surface area contributed by atoms with Crippen LogP contribution in [0, 0.1) is 74.4 Å². The van der Waals surface area contributed by atoms with Crippen molar-refractivity contribution in [3.05, 3.63) is 0 Å². The van der Waals surface area contributed by atoms with Gasteiger partial charge in [-0.25, -0.2) is 0 Å². The van der Waals surface area contributed by atoms with Gasteiger partial charge < -0.3 is 9.47 Å². The zero-order chi connectivity index (χ0) is 36.5. The lowest BCUT2D eigenvalue weighted by atomic mass is 9.56. The number of rotatable bonds is 13. The summed E-state index contributed by atoms with van der Waals surface area (Å²) >= 11 is 0. The van der Waals surface area contributed by atoms with Crippen molar-refractivity contribution in [2.24, 2.45) is 74.4 Å². The molecule has 0 radical (unpaired) electrons. The summed E-state index contributed by atoms with van der Waals surface area (Å²) in [4.78, 5) is 27.5. The number of carbonyl (C=O) groups excluding carboxylic acids is 2. The molecule has 0 spiro atoms. The third-order valence-corrected chi connectivity index (χ3v) is 12.5. The second kappa shape index (κ2) is 15.4. The van der Waals surface area contributed by atoms with Gasteiger partial charge in [-0.15, -0.1) is 0 Å². The summed E-state index contributed by atoms with van der Waals surface area (Å²) in [5.74, 6) is 3.30. The van der Waals surface area contributed by atoms with Crippen LogP contribution in [0.4, 0.5) is 0 Å². The van der Waals surface area contributed by atoms with Crippen LogP contribution >= 0.6 is 0 Å². The van der Waals surface area contributed by atoms with Gasteiger partial charge in [0.25, 0.3) is 0 Å². The molecule has 4 nitrogen and oxygen atoms in total. The van der Waals surface area contributed by atoms with Crippen molar-refractivity contribution in [2.75, 3.05) is 0 Å². The van der Waals surface area contributed by atoms with Gasteiger partial charge in [0.15, 0.2) is 0 Å².